The number of methoxy groups -OCH3 is 1. The fourth-order valence-electron chi connectivity index (χ4n) is 3.62. The molecule has 1 aliphatic heterocycles. The second-order valence-corrected chi connectivity index (χ2v) is 8.18. The standard InChI is InChI=1S/C24H22N2O5S/c1-4-31-23(29)20-14(2)25-24-26(21(20)16-7-11-18(30-3)12-8-16)22(28)19(32-24)13-15-5-9-17(27)10-6-15/h5-13,21,27H,4H2,1-3H3/t21-/m0/s1. The molecule has 0 aliphatic carbocycles. The monoisotopic (exact) mass is 450 g/mol. The van der Waals surface area contributed by atoms with Crippen molar-refractivity contribution in [2.24, 2.45) is 4.99 Å². The molecule has 7 nitrogen and oxygen atoms in total. The number of benzene rings is 2. The van der Waals surface area contributed by atoms with E-state index in [0.717, 1.165) is 11.1 Å². The Morgan fingerprint density at radius 3 is 2.50 bits per heavy atom. The van der Waals surface area contributed by atoms with E-state index >= 15 is 0 Å². The van der Waals surface area contributed by atoms with Gasteiger partial charge in [-0.05, 0) is 55.3 Å². The molecular weight excluding hydrogens is 428 g/mol. The summed E-state index contributed by atoms with van der Waals surface area (Å²) in [7, 11) is 1.58. The lowest BCUT2D eigenvalue weighted by molar-refractivity contribution is -0.139. The zero-order valence-corrected chi connectivity index (χ0v) is 18.7. The Kier molecular flexibility index (Phi) is 5.96. The molecule has 32 heavy (non-hydrogen) atoms. The van der Waals surface area contributed by atoms with E-state index in [4.69, 9.17) is 9.47 Å². The molecule has 0 unspecified atom stereocenters. The van der Waals surface area contributed by atoms with Gasteiger partial charge in [-0.1, -0.05) is 35.6 Å². The number of hydrogen-bond donors (Lipinski definition) is 1. The van der Waals surface area contributed by atoms with E-state index in [2.05, 4.69) is 4.99 Å². The summed E-state index contributed by atoms with van der Waals surface area (Å²) in [5, 5.41) is 9.51. The predicted octanol–water partition coefficient (Wildman–Crippen LogP) is 2.51. The average Bonchev–Trinajstić information content (AvgIpc) is 3.09. The summed E-state index contributed by atoms with van der Waals surface area (Å²) in [6.07, 6.45) is 1.75. The second kappa shape index (κ2) is 8.84. The number of aromatic nitrogens is 1. The van der Waals surface area contributed by atoms with Crippen LogP contribution < -0.4 is 19.6 Å². The lowest BCUT2D eigenvalue weighted by Crippen LogP contribution is -2.39. The molecule has 0 amide bonds. The highest BCUT2D eigenvalue weighted by molar-refractivity contribution is 7.07. The number of rotatable bonds is 5. The number of hydrogen-bond acceptors (Lipinski definition) is 7. The van der Waals surface area contributed by atoms with Crippen LogP contribution in [0.2, 0.25) is 0 Å². The number of esters is 1. The van der Waals surface area contributed by atoms with E-state index < -0.39 is 12.0 Å². The van der Waals surface area contributed by atoms with Gasteiger partial charge in [0.1, 0.15) is 11.5 Å². The molecular formula is C24H22N2O5S. The molecule has 1 aromatic heterocycles. The van der Waals surface area contributed by atoms with Crippen LogP contribution in [-0.4, -0.2) is 29.4 Å². The van der Waals surface area contributed by atoms with Crippen molar-refractivity contribution in [1.29, 1.82) is 0 Å². The number of phenols is 1. The first-order valence-electron chi connectivity index (χ1n) is 10.1. The number of thiazole rings is 1. The number of nitrogens with zero attached hydrogens (tertiary/aromatic N) is 2. The van der Waals surface area contributed by atoms with E-state index in [1.54, 1.807) is 63.4 Å². The van der Waals surface area contributed by atoms with Crippen molar-refractivity contribution < 1.29 is 19.4 Å². The predicted molar refractivity (Wildman–Crippen MR) is 121 cm³/mol. The van der Waals surface area contributed by atoms with Gasteiger partial charge < -0.3 is 14.6 Å². The molecule has 0 fully saturated rings. The van der Waals surface area contributed by atoms with Crippen LogP contribution in [0.15, 0.2) is 69.6 Å². The van der Waals surface area contributed by atoms with Crippen LogP contribution >= 0.6 is 11.3 Å². The highest BCUT2D eigenvalue weighted by Crippen LogP contribution is 2.31. The van der Waals surface area contributed by atoms with Crippen LogP contribution in [-0.2, 0) is 9.53 Å². The minimum atomic E-state index is -0.668. The molecule has 8 heteroatoms. The molecule has 2 heterocycles. The van der Waals surface area contributed by atoms with E-state index in [0.29, 0.717) is 26.4 Å². The summed E-state index contributed by atoms with van der Waals surface area (Å²) < 4.78 is 12.6. The second-order valence-electron chi connectivity index (χ2n) is 7.17. The van der Waals surface area contributed by atoms with Crippen molar-refractivity contribution >= 4 is 23.4 Å². The van der Waals surface area contributed by atoms with Crippen LogP contribution in [0.5, 0.6) is 11.5 Å². The fourth-order valence-corrected chi connectivity index (χ4v) is 4.66. The third-order valence-corrected chi connectivity index (χ3v) is 6.12. The number of phenolic OH excluding ortho intramolecular Hbond substituents is 1. The summed E-state index contributed by atoms with van der Waals surface area (Å²) in [4.78, 5) is 31.4. The van der Waals surface area contributed by atoms with Gasteiger partial charge in [-0.25, -0.2) is 9.79 Å². The van der Waals surface area contributed by atoms with Gasteiger partial charge in [0.05, 0.1) is 35.6 Å². The maximum Gasteiger partial charge on any atom is 0.338 e. The zero-order valence-electron chi connectivity index (χ0n) is 17.9. The van der Waals surface area contributed by atoms with Crippen molar-refractivity contribution in [1.82, 2.24) is 4.57 Å². The van der Waals surface area contributed by atoms with Crippen molar-refractivity contribution in [2.45, 2.75) is 19.9 Å². The zero-order chi connectivity index (χ0) is 22.8. The quantitative estimate of drug-likeness (QED) is 0.604. The average molecular weight is 451 g/mol. The highest BCUT2D eigenvalue weighted by atomic mass is 32.1. The SMILES string of the molecule is CCOC(=O)C1=C(C)N=c2sc(=Cc3ccc(O)cc3)c(=O)n2[C@H]1c1ccc(OC)cc1. The summed E-state index contributed by atoms with van der Waals surface area (Å²) in [6.45, 7) is 3.71. The first kappa shape index (κ1) is 21.6. The number of fused-ring (bicyclic) bond motifs is 1. The van der Waals surface area contributed by atoms with Crippen LogP contribution in [0.1, 0.15) is 31.0 Å². The molecule has 4 rings (SSSR count). The third kappa shape index (κ3) is 3.97. The molecule has 1 atom stereocenters. The summed E-state index contributed by atoms with van der Waals surface area (Å²) in [6, 6.07) is 13.2. The summed E-state index contributed by atoms with van der Waals surface area (Å²) in [5.74, 6) is 0.326. The Morgan fingerprint density at radius 1 is 1.19 bits per heavy atom. The fraction of sp³-hybridized carbons (Fsp3) is 0.208. The van der Waals surface area contributed by atoms with E-state index in [-0.39, 0.29) is 17.9 Å². The van der Waals surface area contributed by atoms with Gasteiger partial charge in [0.2, 0.25) is 0 Å². The lowest BCUT2D eigenvalue weighted by atomic mass is 9.96. The van der Waals surface area contributed by atoms with Crippen molar-refractivity contribution in [2.75, 3.05) is 13.7 Å². The largest absolute Gasteiger partial charge is 0.508 e. The van der Waals surface area contributed by atoms with Gasteiger partial charge >= 0.3 is 5.97 Å². The molecule has 1 N–H and O–H groups in total. The van der Waals surface area contributed by atoms with Crippen LogP contribution in [0.3, 0.4) is 0 Å². The number of carbonyl (C=O) groups excluding carboxylic acids is 1. The first-order chi connectivity index (χ1) is 15.4. The minimum absolute atomic E-state index is 0.151. The van der Waals surface area contributed by atoms with E-state index in [1.807, 2.05) is 12.1 Å². The Labute approximate surface area is 188 Å². The third-order valence-electron chi connectivity index (χ3n) is 5.14. The minimum Gasteiger partial charge on any atom is -0.508 e. The molecule has 0 saturated carbocycles. The van der Waals surface area contributed by atoms with E-state index in [1.165, 1.54) is 15.9 Å². The van der Waals surface area contributed by atoms with Gasteiger partial charge in [-0.15, -0.1) is 0 Å². The molecule has 0 bridgehead atoms. The maximum absolute atomic E-state index is 13.5. The van der Waals surface area contributed by atoms with Crippen LogP contribution in [0, 0.1) is 0 Å². The Hall–Kier alpha value is -3.65. The van der Waals surface area contributed by atoms with Crippen molar-refractivity contribution in [3.8, 4) is 11.5 Å². The molecule has 2 aromatic carbocycles. The smallest absolute Gasteiger partial charge is 0.338 e. The van der Waals surface area contributed by atoms with Gasteiger partial charge in [-0.2, -0.15) is 0 Å². The van der Waals surface area contributed by atoms with Crippen molar-refractivity contribution in [3.05, 3.63) is 90.6 Å². The highest BCUT2D eigenvalue weighted by Gasteiger charge is 2.33. The topological polar surface area (TPSA) is 90.1 Å². The number of carbonyl (C=O) groups is 1. The number of allylic oxidation sites excluding steroid dienone is 1. The van der Waals surface area contributed by atoms with Gasteiger partial charge in [0, 0.05) is 0 Å². The van der Waals surface area contributed by atoms with Gasteiger partial charge in [0.25, 0.3) is 5.56 Å². The molecule has 3 aromatic rings. The van der Waals surface area contributed by atoms with E-state index in [9.17, 15) is 14.7 Å². The number of aromatic hydroxyl groups is 1. The van der Waals surface area contributed by atoms with Crippen LogP contribution in [0.25, 0.3) is 6.08 Å². The summed E-state index contributed by atoms with van der Waals surface area (Å²) >= 11 is 1.25. The molecule has 0 radical (unpaired) electrons. The summed E-state index contributed by atoms with van der Waals surface area (Å²) in [5.41, 5.74) is 2.12. The molecule has 1 aliphatic rings. The van der Waals surface area contributed by atoms with Gasteiger partial charge in [0.15, 0.2) is 4.80 Å². The number of ether oxygens (including phenoxy) is 2. The molecule has 0 spiro atoms. The van der Waals surface area contributed by atoms with Crippen molar-refractivity contribution in [3.63, 3.8) is 0 Å². The first-order valence-corrected chi connectivity index (χ1v) is 10.9. The Balaban J connectivity index is 1.93. The van der Waals surface area contributed by atoms with Gasteiger partial charge in [-0.3, -0.25) is 9.36 Å². The Morgan fingerprint density at radius 2 is 1.88 bits per heavy atom. The normalized spacial score (nSPS) is 15.8. The molecule has 0 saturated heterocycles. The molecule has 164 valence electrons. The maximum atomic E-state index is 13.5. The lowest BCUT2D eigenvalue weighted by Gasteiger charge is -2.24. The Bertz CT molecular complexity index is 1370. The van der Waals surface area contributed by atoms with Crippen LogP contribution in [0.4, 0.5) is 0 Å².